The lowest BCUT2D eigenvalue weighted by molar-refractivity contribution is 0.0914. The maximum atomic E-state index is 12.1. The molecule has 1 amide bonds. The maximum Gasteiger partial charge on any atom is 0.274 e. The van der Waals surface area contributed by atoms with Crippen molar-refractivity contribution in [2.24, 2.45) is 5.92 Å². The molecule has 1 heterocycles. The van der Waals surface area contributed by atoms with E-state index in [9.17, 15) is 9.90 Å². The van der Waals surface area contributed by atoms with Crippen molar-refractivity contribution in [3.63, 3.8) is 0 Å². The van der Waals surface area contributed by atoms with Crippen LogP contribution in [0.1, 0.15) is 43.1 Å². The summed E-state index contributed by atoms with van der Waals surface area (Å²) in [6.45, 7) is 2.23. The third-order valence-electron chi connectivity index (χ3n) is 3.67. The molecule has 19 heavy (non-hydrogen) atoms. The summed E-state index contributed by atoms with van der Waals surface area (Å²) in [5.74, 6) is 0.455. The number of carbonyl (C=O) groups excluding carboxylic acids is 1. The summed E-state index contributed by atoms with van der Waals surface area (Å²) in [5, 5.41) is 12.8. The molecule has 0 aliphatic heterocycles. The summed E-state index contributed by atoms with van der Waals surface area (Å²) in [6, 6.07) is 1.70. The van der Waals surface area contributed by atoms with E-state index >= 15 is 0 Å². The van der Waals surface area contributed by atoms with Crippen molar-refractivity contribution in [2.75, 3.05) is 7.11 Å². The molecule has 1 saturated carbocycles. The first kappa shape index (κ1) is 13.6. The van der Waals surface area contributed by atoms with Crippen LogP contribution >= 0.6 is 0 Å². The summed E-state index contributed by atoms with van der Waals surface area (Å²) in [6.07, 6.45) is 5.68. The van der Waals surface area contributed by atoms with E-state index in [-0.39, 0.29) is 29.1 Å². The largest absolute Gasteiger partial charge is 0.503 e. The monoisotopic (exact) mass is 264 g/mol. The van der Waals surface area contributed by atoms with Gasteiger partial charge in [0.2, 0.25) is 0 Å². The van der Waals surface area contributed by atoms with Gasteiger partial charge in [-0.3, -0.25) is 4.79 Å². The molecule has 1 aromatic heterocycles. The van der Waals surface area contributed by atoms with Crippen molar-refractivity contribution in [1.82, 2.24) is 10.3 Å². The minimum atomic E-state index is -0.337. The molecule has 5 heteroatoms. The number of nitrogens with zero attached hydrogens (tertiary/aromatic N) is 1. The molecule has 0 unspecified atom stereocenters. The van der Waals surface area contributed by atoms with Crippen LogP contribution in [-0.2, 0) is 0 Å². The van der Waals surface area contributed by atoms with E-state index in [1.54, 1.807) is 0 Å². The van der Waals surface area contributed by atoms with E-state index in [0.29, 0.717) is 0 Å². The molecule has 2 rings (SSSR count). The van der Waals surface area contributed by atoms with Crippen molar-refractivity contribution in [3.8, 4) is 11.5 Å². The first-order chi connectivity index (χ1) is 9.11. The molecule has 0 spiro atoms. The standard InChI is InChI=1S/C14H20N2O3/c1-9-3-5-10(6-4-9)16-14(18)12-13(17)11(19-2)7-8-15-12/h7-10,17H,3-6H2,1-2H3,(H,16,18). The smallest absolute Gasteiger partial charge is 0.274 e. The highest BCUT2D eigenvalue weighted by molar-refractivity contribution is 5.95. The highest BCUT2D eigenvalue weighted by Gasteiger charge is 2.23. The molecule has 104 valence electrons. The predicted molar refractivity (Wildman–Crippen MR) is 71.3 cm³/mol. The van der Waals surface area contributed by atoms with Gasteiger partial charge in [0, 0.05) is 18.3 Å². The Hall–Kier alpha value is -1.78. The van der Waals surface area contributed by atoms with E-state index in [1.165, 1.54) is 19.4 Å². The van der Waals surface area contributed by atoms with E-state index in [4.69, 9.17) is 4.74 Å². The summed E-state index contributed by atoms with van der Waals surface area (Å²) in [5.41, 5.74) is 0.0259. The number of hydrogen-bond acceptors (Lipinski definition) is 4. The van der Waals surface area contributed by atoms with Gasteiger partial charge in [0.25, 0.3) is 5.91 Å². The third kappa shape index (κ3) is 3.16. The molecule has 2 N–H and O–H groups in total. The van der Waals surface area contributed by atoms with Gasteiger partial charge in [-0.2, -0.15) is 0 Å². The zero-order valence-electron chi connectivity index (χ0n) is 11.3. The third-order valence-corrected chi connectivity index (χ3v) is 3.67. The second kappa shape index (κ2) is 5.91. The Morgan fingerprint density at radius 3 is 2.74 bits per heavy atom. The predicted octanol–water partition coefficient (Wildman–Crippen LogP) is 2.10. The van der Waals surface area contributed by atoms with Crippen molar-refractivity contribution in [2.45, 2.75) is 38.6 Å². The molecule has 0 bridgehead atoms. The van der Waals surface area contributed by atoms with Gasteiger partial charge in [0.1, 0.15) is 0 Å². The van der Waals surface area contributed by atoms with E-state index in [1.807, 2.05) is 0 Å². The first-order valence-corrected chi connectivity index (χ1v) is 6.64. The number of carbonyl (C=O) groups is 1. The van der Waals surface area contributed by atoms with Crippen LogP contribution in [-0.4, -0.2) is 29.1 Å². The quantitative estimate of drug-likeness (QED) is 0.877. The van der Waals surface area contributed by atoms with Gasteiger partial charge in [-0.15, -0.1) is 0 Å². The Morgan fingerprint density at radius 1 is 1.42 bits per heavy atom. The number of rotatable bonds is 3. The number of nitrogens with one attached hydrogen (secondary N) is 1. The number of methoxy groups -OCH3 is 1. The van der Waals surface area contributed by atoms with Gasteiger partial charge in [-0.25, -0.2) is 4.98 Å². The number of aromatic hydroxyl groups is 1. The van der Waals surface area contributed by atoms with Crippen LogP contribution in [0.4, 0.5) is 0 Å². The van der Waals surface area contributed by atoms with Crippen LogP contribution in [0.3, 0.4) is 0 Å². The number of ether oxygens (including phenoxy) is 1. The normalized spacial score (nSPS) is 22.8. The zero-order valence-corrected chi connectivity index (χ0v) is 11.3. The molecule has 1 aliphatic carbocycles. The first-order valence-electron chi connectivity index (χ1n) is 6.64. The Labute approximate surface area is 113 Å². The summed E-state index contributed by atoms with van der Waals surface area (Å²) in [4.78, 5) is 16.0. The van der Waals surface area contributed by atoms with E-state index in [2.05, 4.69) is 17.2 Å². The number of aromatic nitrogens is 1. The van der Waals surface area contributed by atoms with Crippen LogP contribution < -0.4 is 10.1 Å². The average molecular weight is 264 g/mol. The second-order valence-corrected chi connectivity index (χ2v) is 5.14. The van der Waals surface area contributed by atoms with Crippen molar-refractivity contribution >= 4 is 5.91 Å². The van der Waals surface area contributed by atoms with Gasteiger partial charge in [0.05, 0.1) is 7.11 Å². The Morgan fingerprint density at radius 2 is 2.11 bits per heavy atom. The van der Waals surface area contributed by atoms with Crippen LogP contribution in [0, 0.1) is 5.92 Å². The highest BCUT2D eigenvalue weighted by atomic mass is 16.5. The molecule has 0 saturated heterocycles. The molecule has 1 fully saturated rings. The lowest BCUT2D eigenvalue weighted by Crippen LogP contribution is -2.37. The van der Waals surface area contributed by atoms with Crippen LogP contribution in [0.15, 0.2) is 12.3 Å². The number of hydrogen-bond donors (Lipinski definition) is 2. The number of amides is 1. The lowest BCUT2D eigenvalue weighted by Gasteiger charge is -2.26. The van der Waals surface area contributed by atoms with Gasteiger partial charge in [-0.05, 0) is 31.6 Å². The van der Waals surface area contributed by atoms with E-state index < -0.39 is 0 Å². The second-order valence-electron chi connectivity index (χ2n) is 5.14. The molecule has 0 atom stereocenters. The molecule has 0 radical (unpaired) electrons. The minimum Gasteiger partial charge on any atom is -0.503 e. The van der Waals surface area contributed by atoms with Gasteiger partial charge in [-0.1, -0.05) is 6.92 Å². The summed E-state index contributed by atoms with van der Waals surface area (Å²) < 4.78 is 4.97. The molecule has 1 aromatic rings. The molecular formula is C14H20N2O3. The summed E-state index contributed by atoms with van der Waals surface area (Å²) >= 11 is 0. The number of pyridine rings is 1. The van der Waals surface area contributed by atoms with Crippen molar-refractivity contribution in [1.29, 1.82) is 0 Å². The van der Waals surface area contributed by atoms with Gasteiger partial charge < -0.3 is 15.2 Å². The maximum absolute atomic E-state index is 12.1. The fourth-order valence-electron chi connectivity index (χ4n) is 2.43. The zero-order chi connectivity index (χ0) is 13.8. The minimum absolute atomic E-state index is 0.0259. The highest BCUT2D eigenvalue weighted by Crippen LogP contribution is 2.28. The van der Waals surface area contributed by atoms with Crippen LogP contribution in [0.5, 0.6) is 11.5 Å². The topological polar surface area (TPSA) is 71.5 Å². The fraction of sp³-hybridized carbons (Fsp3) is 0.571. The SMILES string of the molecule is COc1ccnc(C(=O)NC2CCC(C)CC2)c1O. The molecule has 0 aromatic carbocycles. The fourth-order valence-corrected chi connectivity index (χ4v) is 2.43. The van der Waals surface area contributed by atoms with Gasteiger partial charge >= 0.3 is 0 Å². The average Bonchev–Trinajstić information content (AvgIpc) is 2.41. The van der Waals surface area contributed by atoms with Crippen molar-refractivity contribution < 1.29 is 14.6 Å². The Kier molecular flexibility index (Phi) is 4.24. The Balaban J connectivity index is 2.04. The van der Waals surface area contributed by atoms with E-state index in [0.717, 1.165) is 31.6 Å². The molecule has 5 nitrogen and oxygen atoms in total. The van der Waals surface area contributed by atoms with Gasteiger partial charge in [0.15, 0.2) is 17.2 Å². The molecular weight excluding hydrogens is 244 g/mol. The molecule has 1 aliphatic rings. The van der Waals surface area contributed by atoms with Crippen LogP contribution in [0.2, 0.25) is 0 Å². The lowest BCUT2D eigenvalue weighted by atomic mass is 9.87. The Bertz CT molecular complexity index is 454. The van der Waals surface area contributed by atoms with Crippen LogP contribution in [0.25, 0.3) is 0 Å². The summed E-state index contributed by atoms with van der Waals surface area (Å²) in [7, 11) is 1.44. The van der Waals surface area contributed by atoms with Crippen molar-refractivity contribution in [3.05, 3.63) is 18.0 Å².